The van der Waals surface area contributed by atoms with E-state index in [2.05, 4.69) is 146 Å². The summed E-state index contributed by atoms with van der Waals surface area (Å²) in [7, 11) is 0. The number of furan rings is 1. The largest absolute Gasteiger partial charge is 0.456 e. The Kier molecular flexibility index (Phi) is 4.78. The normalized spacial score (nSPS) is 12.3. The van der Waals surface area contributed by atoms with Gasteiger partial charge in [-0.1, -0.05) is 109 Å². The van der Waals surface area contributed by atoms with Crippen molar-refractivity contribution in [3.8, 4) is 22.3 Å². The van der Waals surface area contributed by atoms with Gasteiger partial charge >= 0.3 is 0 Å². The Morgan fingerprint density at radius 1 is 0.348 bits per heavy atom. The molecule has 0 N–H and O–H groups in total. The van der Waals surface area contributed by atoms with E-state index < -0.39 is 0 Å². The molecule has 2 heteroatoms. The van der Waals surface area contributed by atoms with E-state index in [4.69, 9.17) is 4.42 Å². The molecule has 0 bridgehead atoms. The average molecular weight is 601 g/mol. The first-order valence-corrected chi connectivity index (χ1v) is 16.6. The van der Waals surface area contributed by atoms with Gasteiger partial charge < -0.3 is 4.42 Å². The molecule has 0 radical (unpaired) electrons. The molecule has 2 aromatic heterocycles. The van der Waals surface area contributed by atoms with Crippen LogP contribution in [0.4, 0.5) is 0 Å². The van der Waals surface area contributed by atoms with E-state index in [-0.39, 0.29) is 0 Å². The van der Waals surface area contributed by atoms with Gasteiger partial charge in [-0.2, -0.15) is 0 Å². The topological polar surface area (TPSA) is 13.1 Å². The third kappa shape index (κ3) is 3.19. The molecule has 0 aliphatic heterocycles. The zero-order valence-corrected chi connectivity index (χ0v) is 25.5. The number of benzene rings is 9. The lowest BCUT2D eigenvalue weighted by molar-refractivity contribution is 0.669. The fraction of sp³-hybridized carbons (Fsp3) is 0. The van der Waals surface area contributed by atoms with E-state index in [1.807, 2.05) is 11.3 Å². The van der Waals surface area contributed by atoms with E-state index in [1.165, 1.54) is 96.3 Å². The maximum atomic E-state index is 6.35. The molecule has 0 aliphatic carbocycles. The smallest absolute Gasteiger partial charge is 0.136 e. The van der Waals surface area contributed by atoms with Crippen LogP contribution in [0.25, 0.3) is 107 Å². The molecule has 0 aliphatic rings. The Morgan fingerprint density at radius 3 is 1.65 bits per heavy atom. The number of fused-ring (bicyclic) bond motifs is 6. The maximum Gasteiger partial charge on any atom is 0.136 e. The molecule has 0 unspecified atom stereocenters. The summed E-state index contributed by atoms with van der Waals surface area (Å²) in [5.74, 6) is 0. The highest BCUT2D eigenvalue weighted by atomic mass is 32.1. The molecule has 0 spiro atoms. The van der Waals surface area contributed by atoms with Gasteiger partial charge in [-0.3, -0.25) is 0 Å². The van der Waals surface area contributed by atoms with Crippen LogP contribution >= 0.6 is 11.3 Å². The van der Waals surface area contributed by atoms with Crippen LogP contribution in [-0.2, 0) is 0 Å². The van der Waals surface area contributed by atoms with Crippen molar-refractivity contribution in [1.82, 2.24) is 0 Å². The van der Waals surface area contributed by atoms with Crippen molar-refractivity contribution >= 4 is 96.5 Å². The first-order valence-electron chi connectivity index (χ1n) is 15.8. The second-order valence-electron chi connectivity index (χ2n) is 12.4. The molecule has 9 aromatic carbocycles. The summed E-state index contributed by atoms with van der Waals surface area (Å²) >= 11 is 1.89. The van der Waals surface area contributed by atoms with Gasteiger partial charge in [0.1, 0.15) is 11.2 Å². The van der Waals surface area contributed by atoms with E-state index in [0.717, 1.165) is 11.2 Å². The summed E-state index contributed by atoms with van der Waals surface area (Å²) in [4.78, 5) is 0. The van der Waals surface area contributed by atoms with Crippen molar-refractivity contribution in [2.24, 2.45) is 0 Å². The minimum Gasteiger partial charge on any atom is -0.456 e. The number of hydrogen-bond donors (Lipinski definition) is 0. The highest BCUT2D eigenvalue weighted by Gasteiger charge is 2.23. The van der Waals surface area contributed by atoms with Gasteiger partial charge in [-0.05, 0) is 102 Å². The zero-order chi connectivity index (χ0) is 29.9. The minimum atomic E-state index is 0.944. The molecule has 0 saturated heterocycles. The maximum absolute atomic E-state index is 6.35. The molecular weight excluding hydrogens is 577 g/mol. The van der Waals surface area contributed by atoms with Crippen LogP contribution < -0.4 is 0 Å². The molecule has 11 aromatic rings. The highest BCUT2D eigenvalue weighted by molar-refractivity contribution is 7.26. The standard InChI is InChI=1S/C44H24OS/c1-2-11-26-24-39-35(22-25(26)10-1)43-33(18-9-21-38(43)46-39)41-28-13-3-5-15-30(28)42(31-16-6-4-14-29(31)41)34-23-27-12-7-19-36-40(27)44-32(34)17-8-20-37(44)45-36/h1-24H. The third-order valence-electron chi connectivity index (χ3n) is 9.98. The highest BCUT2D eigenvalue weighted by Crippen LogP contribution is 2.50. The van der Waals surface area contributed by atoms with E-state index in [0.29, 0.717) is 0 Å². The van der Waals surface area contributed by atoms with Gasteiger partial charge in [0.25, 0.3) is 0 Å². The molecule has 11 rings (SSSR count). The lowest BCUT2D eigenvalue weighted by atomic mass is 9.83. The van der Waals surface area contributed by atoms with Crippen LogP contribution in [0, 0.1) is 0 Å². The second-order valence-corrected chi connectivity index (χ2v) is 13.5. The predicted molar refractivity (Wildman–Crippen MR) is 199 cm³/mol. The fourth-order valence-electron chi connectivity index (χ4n) is 8.11. The first kappa shape index (κ1) is 24.6. The molecule has 46 heavy (non-hydrogen) atoms. The molecule has 0 amide bonds. The van der Waals surface area contributed by atoms with Gasteiger partial charge in [0.05, 0.1) is 0 Å². The molecule has 212 valence electrons. The van der Waals surface area contributed by atoms with Crippen LogP contribution in [0.15, 0.2) is 150 Å². The minimum absolute atomic E-state index is 0.944. The summed E-state index contributed by atoms with van der Waals surface area (Å²) in [6.07, 6.45) is 0. The summed E-state index contributed by atoms with van der Waals surface area (Å²) in [5, 5.41) is 15.2. The SMILES string of the molecule is c1ccc2cc3c(cc2c1)sc1cccc(-c2c4ccccc4c(-c4cc5cccc6oc7cccc4c7c56)c4ccccc24)c13. The van der Waals surface area contributed by atoms with Gasteiger partial charge in [0, 0.05) is 30.9 Å². The monoisotopic (exact) mass is 600 g/mol. The summed E-state index contributed by atoms with van der Waals surface area (Å²) in [6.45, 7) is 0. The Bertz CT molecular complexity index is 2970. The Labute approximate surface area is 267 Å². The fourth-order valence-corrected chi connectivity index (χ4v) is 9.27. The van der Waals surface area contributed by atoms with Gasteiger partial charge in [-0.25, -0.2) is 0 Å². The van der Waals surface area contributed by atoms with Crippen LogP contribution in [0.5, 0.6) is 0 Å². The van der Waals surface area contributed by atoms with Crippen molar-refractivity contribution < 1.29 is 4.42 Å². The van der Waals surface area contributed by atoms with Crippen molar-refractivity contribution in [2.75, 3.05) is 0 Å². The third-order valence-corrected chi connectivity index (χ3v) is 11.1. The molecule has 0 atom stereocenters. The van der Waals surface area contributed by atoms with Crippen LogP contribution in [0.2, 0.25) is 0 Å². The summed E-state index contributed by atoms with van der Waals surface area (Å²) in [5.41, 5.74) is 7.01. The van der Waals surface area contributed by atoms with E-state index in [9.17, 15) is 0 Å². The Balaban J connectivity index is 1.31. The lowest BCUT2D eigenvalue weighted by Crippen LogP contribution is -1.92. The van der Waals surface area contributed by atoms with E-state index >= 15 is 0 Å². The van der Waals surface area contributed by atoms with Crippen LogP contribution in [0.1, 0.15) is 0 Å². The second kappa shape index (κ2) is 8.94. The molecule has 2 heterocycles. The predicted octanol–water partition coefficient (Wildman–Crippen LogP) is 13.3. The average Bonchev–Trinajstić information content (AvgIpc) is 3.67. The van der Waals surface area contributed by atoms with Crippen molar-refractivity contribution in [3.63, 3.8) is 0 Å². The summed E-state index contributed by atoms with van der Waals surface area (Å²) in [6, 6.07) is 53.6. The quantitative estimate of drug-likeness (QED) is 0.142. The Hall–Kier alpha value is -5.70. The first-order chi connectivity index (χ1) is 22.8. The molecule has 0 fully saturated rings. The molecule has 1 nitrogen and oxygen atoms in total. The number of thiophene rings is 1. The number of rotatable bonds is 2. The Morgan fingerprint density at radius 2 is 0.913 bits per heavy atom. The van der Waals surface area contributed by atoms with Gasteiger partial charge in [0.2, 0.25) is 0 Å². The van der Waals surface area contributed by atoms with Crippen LogP contribution in [0.3, 0.4) is 0 Å². The van der Waals surface area contributed by atoms with Gasteiger partial charge in [0.15, 0.2) is 0 Å². The summed E-state index contributed by atoms with van der Waals surface area (Å²) < 4.78 is 9.01. The van der Waals surface area contributed by atoms with Crippen LogP contribution in [-0.4, -0.2) is 0 Å². The zero-order valence-electron chi connectivity index (χ0n) is 24.7. The molecular formula is C44H24OS. The van der Waals surface area contributed by atoms with Crippen molar-refractivity contribution in [3.05, 3.63) is 146 Å². The molecule has 0 saturated carbocycles. The number of hydrogen-bond acceptors (Lipinski definition) is 2. The van der Waals surface area contributed by atoms with Gasteiger partial charge in [-0.15, -0.1) is 11.3 Å². The van der Waals surface area contributed by atoms with E-state index in [1.54, 1.807) is 0 Å². The van der Waals surface area contributed by atoms with Crippen molar-refractivity contribution in [2.45, 2.75) is 0 Å². The lowest BCUT2D eigenvalue weighted by Gasteiger charge is -2.19. The van der Waals surface area contributed by atoms with Crippen molar-refractivity contribution in [1.29, 1.82) is 0 Å².